The normalized spacial score (nSPS) is 34.0. The summed E-state index contributed by atoms with van der Waals surface area (Å²) in [5.41, 5.74) is 4.84. The number of amides is 1. The average Bonchev–Trinajstić information content (AvgIpc) is 3.33. The first-order chi connectivity index (χ1) is 22.5. The molecule has 1 spiro atoms. The van der Waals surface area contributed by atoms with Crippen molar-refractivity contribution in [3.8, 4) is 34.8 Å². The molecule has 47 heavy (non-hydrogen) atoms. The first-order valence-electron chi connectivity index (χ1n) is 15.7. The standard InChI is InChI=1S/C35H39NO11/c1-18(39)36-12-10-35(11-13-36)23-14-19(4-8-25-29(40)33(44)31(42)27(16-37)46-25)2-6-21(23)22-7-3-20(15-24(22)35)5-9-26-30(41)34(45)32(43)28(17-38)47-26/h2-3,6-7,14-15,25-34,37-38,40-45H,10-13,16-17H2,1H3/t25-,26-,27+,28+,29-,30+,31-,32-,33-,34+/m0/s1. The van der Waals surface area contributed by atoms with Crippen molar-refractivity contribution in [2.45, 2.75) is 86.2 Å². The highest BCUT2D eigenvalue weighted by molar-refractivity contribution is 5.83. The summed E-state index contributed by atoms with van der Waals surface area (Å²) in [7, 11) is 0. The molecule has 3 heterocycles. The number of aliphatic hydroxyl groups is 8. The zero-order chi connectivity index (χ0) is 33.6. The van der Waals surface area contributed by atoms with Crippen LogP contribution in [0.25, 0.3) is 11.1 Å². The van der Waals surface area contributed by atoms with E-state index in [1.54, 1.807) is 6.92 Å². The highest BCUT2D eigenvalue weighted by atomic mass is 16.5. The Kier molecular flexibility index (Phi) is 9.46. The molecule has 0 unspecified atom stereocenters. The van der Waals surface area contributed by atoms with Crippen LogP contribution in [0.1, 0.15) is 42.0 Å². The fraction of sp³-hybridized carbons (Fsp3) is 0.514. The van der Waals surface area contributed by atoms with Crippen LogP contribution in [-0.4, -0.2) is 139 Å². The van der Waals surface area contributed by atoms with Crippen LogP contribution in [0.4, 0.5) is 0 Å². The Morgan fingerprint density at radius 1 is 0.723 bits per heavy atom. The van der Waals surface area contributed by atoms with E-state index in [1.165, 1.54) is 0 Å². The fourth-order valence-corrected chi connectivity index (χ4v) is 7.14. The lowest BCUT2D eigenvalue weighted by molar-refractivity contribution is -0.214. The van der Waals surface area contributed by atoms with Gasteiger partial charge in [0.05, 0.1) is 13.2 Å². The van der Waals surface area contributed by atoms with Gasteiger partial charge in [0.25, 0.3) is 0 Å². The van der Waals surface area contributed by atoms with Crippen molar-refractivity contribution in [3.63, 3.8) is 0 Å². The summed E-state index contributed by atoms with van der Waals surface area (Å²) in [6.45, 7) is 1.53. The molecule has 12 heteroatoms. The van der Waals surface area contributed by atoms with Crippen molar-refractivity contribution in [3.05, 3.63) is 58.7 Å². The first-order valence-corrected chi connectivity index (χ1v) is 15.7. The van der Waals surface area contributed by atoms with E-state index >= 15 is 0 Å². The summed E-state index contributed by atoms with van der Waals surface area (Å²) < 4.78 is 11.1. The van der Waals surface area contributed by atoms with E-state index in [0.29, 0.717) is 37.1 Å². The number of likely N-dealkylation sites (tertiary alicyclic amines) is 1. The SMILES string of the molecule is CC(=O)N1CCC2(CC1)c1cc(C#C[C@@H]3O[C@H](CO)[C@H](O)[C@@H](O)[C@H]3O)ccc1-c1ccc(C#C[C@@H]3O[C@H](CO)[C@H](O)[C@H](O)[C@@H]3O)cc12. The third-order valence-electron chi connectivity index (χ3n) is 9.92. The Bertz CT molecular complexity index is 1520. The Balaban J connectivity index is 1.34. The highest BCUT2D eigenvalue weighted by Crippen LogP contribution is 2.54. The number of piperidine rings is 1. The molecule has 2 aromatic carbocycles. The molecular weight excluding hydrogens is 610 g/mol. The van der Waals surface area contributed by atoms with Gasteiger partial charge in [-0.3, -0.25) is 4.79 Å². The van der Waals surface area contributed by atoms with Gasteiger partial charge in [0.1, 0.15) is 61.0 Å². The largest absolute Gasteiger partial charge is 0.394 e. The van der Waals surface area contributed by atoms with Crippen LogP contribution in [-0.2, 0) is 19.7 Å². The van der Waals surface area contributed by atoms with Gasteiger partial charge in [-0.1, -0.05) is 35.8 Å². The molecule has 12 nitrogen and oxygen atoms in total. The zero-order valence-corrected chi connectivity index (χ0v) is 25.7. The van der Waals surface area contributed by atoms with E-state index in [4.69, 9.17) is 9.47 Å². The van der Waals surface area contributed by atoms with Gasteiger partial charge >= 0.3 is 0 Å². The number of rotatable bonds is 2. The highest BCUT2D eigenvalue weighted by Gasteiger charge is 2.47. The Hall–Kier alpha value is -3.37. The molecule has 0 saturated carbocycles. The smallest absolute Gasteiger partial charge is 0.219 e. The number of hydrogen-bond donors (Lipinski definition) is 8. The molecule has 3 saturated heterocycles. The summed E-state index contributed by atoms with van der Waals surface area (Å²) in [4.78, 5) is 14.0. The van der Waals surface area contributed by atoms with Crippen LogP contribution in [0.5, 0.6) is 0 Å². The summed E-state index contributed by atoms with van der Waals surface area (Å²) in [5, 5.41) is 80.4. The second kappa shape index (κ2) is 13.3. The maximum atomic E-state index is 12.2. The molecule has 0 radical (unpaired) electrons. The summed E-state index contributed by atoms with van der Waals surface area (Å²) in [5.74, 6) is 11.7. The quantitative estimate of drug-likeness (QED) is 0.167. The minimum Gasteiger partial charge on any atom is -0.394 e. The van der Waals surface area contributed by atoms with E-state index in [9.17, 15) is 45.6 Å². The third-order valence-corrected chi connectivity index (χ3v) is 9.92. The predicted molar refractivity (Wildman–Crippen MR) is 165 cm³/mol. The van der Waals surface area contributed by atoms with E-state index in [2.05, 4.69) is 23.7 Å². The number of carbonyl (C=O) groups excluding carboxylic acids is 1. The third kappa shape index (κ3) is 5.96. The number of fused-ring (bicyclic) bond motifs is 5. The molecule has 1 aliphatic carbocycles. The van der Waals surface area contributed by atoms with Crippen LogP contribution in [0.3, 0.4) is 0 Å². The summed E-state index contributed by atoms with van der Waals surface area (Å²) in [6.07, 6.45) is -12.0. The number of benzene rings is 2. The van der Waals surface area contributed by atoms with Crippen LogP contribution in [0.2, 0.25) is 0 Å². The summed E-state index contributed by atoms with van der Waals surface area (Å²) >= 11 is 0. The molecule has 8 N–H and O–H groups in total. The molecule has 0 bridgehead atoms. The van der Waals surface area contributed by atoms with Gasteiger partial charge in [0.2, 0.25) is 5.91 Å². The van der Waals surface area contributed by atoms with Gasteiger partial charge in [-0.25, -0.2) is 0 Å². The fourth-order valence-electron chi connectivity index (χ4n) is 7.14. The molecule has 1 amide bonds. The molecule has 4 aliphatic rings. The molecule has 3 fully saturated rings. The van der Waals surface area contributed by atoms with Crippen molar-refractivity contribution in [2.75, 3.05) is 26.3 Å². The molecular formula is C35H39NO11. The van der Waals surface area contributed by atoms with Gasteiger partial charge in [0, 0.05) is 36.6 Å². The monoisotopic (exact) mass is 649 g/mol. The summed E-state index contributed by atoms with van der Waals surface area (Å²) in [6, 6.07) is 11.6. The minimum absolute atomic E-state index is 0.00316. The number of ether oxygens (including phenoxy) is 2. The van der Waals surface area contributed by atoms with Crippen LogP contribution < -0.4 is 0 Å². The Morgan fingerprint density at radius 2 is 1.15 bits per heavy atom. The van der Waals surface area contributed by atoms with E-state index in [0.717, 1.165) is 22.3 Å². The lowest BCUT2D eigenvalue weighted by Gasteiger charge is -2.40. The van der Waals surface area contributed by atoms with Crippen molar-refractivity contribution >= 4 is 5.91 Å². The van der Waals surface area contributed by atoms with E-state index in [1.807, 2.05) is 41.3 Å². The molecule has 0 aromatic heterocycles. The van der Waals surface area contributed by atoms with Crippen molar-refractivity contribution < 1.29 is 55.1 Å². The average molecular weight is 650 g/mol. The maximum absolute atomic E-state index is 12.2. The maximum Gasteiger partial charge on any atom is 0.219 e. The van der Waals surface area contributed by atoms with E-state index < -0.39 is 79.7 Å². The Morgan fingerprint density at radius 3 is 1.53 bits per heavy atom. The minimum atomic E-state index is -1.53. The van der Waals surface area contributed by atoms with Gasteiger partial charge in [-0.2, -0.15) is 0 Å². The van der Waals surface area contributed by atoms with Crippen LogP contribution in [0, 0.1) is 23.7 Å². The van der Waals surface area contributed by atoms with Crippen LogP contribution in [0.15, 0.2) is 36.4 Å². The topological polar surface area (TPSA) is 201 Å². The number of aliphatic hydroxyl groups excluding tert-OH is 8. The lowest BCUT2D eigenvalue weighted by Crippen LogP contribution is -2.58. The zero-order valence-electron chi connectivity index (χ0n) is 25.7. The van der Waals surface area contributed by atoms with Crippen molar-refractivity contribution in [1.82, 2.24) is 4.90 Å². The molecule has 6 rings (SSSR count). The lowest BCUT2D eigenvalue weighted by atomic mass is 9.70. The first kappa shape index (κ1) is 33.5. The Labute approximate surface area is 271 Å². The molecule has 10 atom stereocenters. The number of nitrogens with zero attached hydrogens (tertiary/aromatic N) is 1. The number of hydrogen-bond acceptors (Lipinski definition) is 11. The predicted octanol–water partition coefficient (Wildman–Crippen LogP) is -2.02. The van der Waals surface area contributed by atoms with Crippen molar-refractivity contribution in [2.24, 2.45) is 0 Å². The van der Waals surface area contributed by atoms with E-state index in [-0.39, 0.29) is 5.91 Å². The van der Waals surface area contributed by atoms with Gasteiger partial charge in [-0.15, -0.1) is 0 Å². The molecule has 2 aromatic rings. The van der Waals surface area contributed by atoms with Gasteiger partial charge in [-0.05, 0) is 59.4 Å². The number of carbonyl (C=O) groups is 1. The van der Waals surface area contributed by atoms with Crippen molar-refractivity contribution in [1.29, 1.82) is 0 Å². The molecule has 3 aliphatic heterocycles. The van der Waals surface area contributed by atoms with Crippen LogP contribution >= 0.6 is 0 Å². The van der Waals surface area contributed by atoms with Gasteiger partial charge < -0.3 is 55.2 Å². The second-order valence-corrected chi connectivity index (χ2v) is 12.6. The molecule has 250 valence electrons. The second-order valence-electron chi connectivity index (χ2n) is 12.6. The van der Waals surface area contributed by atoms with Gasteiger partial charge in [0.15, 0.2) is 0 Å².